The second kappa shape index (κ2) is 15.0. The van der Waals surface area contributed by atoms with Crippen LogP contribution < -0.4 is 4.74 Å². The van der Waals surface area contributed by atoms with Gasteiger partial charge in [0, 0.05) is 39.0 Å². The quantitative estimate of drug-likeness (QED) is 0.161. The van der Waals surface area contributed by atoms with Gasteiger partial charge in [0.2, 0.25) is 5.95 Å². The maximum atomic E-state index is 7.37. The Labute approximate surface area is 361 Å². The molecule has 0 fully saturated rings. The van der Waals surface area contributed by atoms with Gasteiger partial charge in [-0.25, -0.2) is 9.97 Å². The fourth-order valence-corrected chi connectivity index (χ4v) is 9.69. The number of benzene rings is 7. The third-order valence-electron chi connectivity index (χ3n) is 12.7. The summed E-state index contributed by atoms with van der Waals surface area (Å²) in [6, 6.07) is 62.7. The summed E-state index contributed by atoms with van der Waals surface area (Å²) in [6.45, 7) is 0. The molecule has 3 aliphatic rings. The fraction of sp³-hybridized carbons (Fsp3) is 0.0690. The summed E-state index contributed by atoms with van der Waals surface area (Å²) < 4.78 is 9.68. The predicted molar refractivity (Wildman–Crippen MR) is 255 cm³/mol. The van der Waals surface area contributed by atoms with Gasteiger partial charge >= 0.3 is 0 Å². The lowest BCUT2D eigenvalue weighted by Gasteiger charge is -2.23. The molecule has 1 aliphatic heterocycles. The van der Waals surface area contributed by atoms with Crippen LogP contribution in [-0.2, 0) is 0 Å². The van der Waals surface area contributed by atoms with Crippen molar-refractivity contribution in [2.24, 2.45) is 0 Å². The lowest BCUT2D eigenvalue weighted by Crippen LogP contribution is -2.21. The summed E-state index contributed by atoms with van der Waals surface area (Å²) in [4.78, 5) is 10.9. The molecule has 4 nitrogen and oxygen atoms in total. The van der Waals surface area contributed by atoms with Crippen LogP contribution in [0.25, 0.3) is 83.5 Å². The Hall–Kier alpha value is -7.82. The van der Waals surface area contributed by atoms with Crippen molar-refractivity contribution >= 4 is 33.0 Å². The highest BCUT2D eigenvalue weighted by Crippen LogP contribution is 2.55. The van der Waals surface area contributed by atoms with Crippen molar-refractivity contribution in [3.63, 3.8) is 0 Å². The molecule has 7 aromatic carbocycles. The third-order valence-corrected chi connectivity index (χ3v) is 12.7. The smallest absolute Gasteiger partial charge is 0.235 e. The molecule has 9 aromatic rings. The summed E-state index contributed by atoms with van der Waals surface area (Å²) in [6.07, 6.45) is 15.1. The SMILES string of the molecule is C1=CCCC(c2cc(-c3ccccc3)nc(-n3c4ccc(-c5ccccc5)cc4c4c5c(c(-c6ccc(-c7ccccc7)cc6)cc43)OC3C(c4ccccc4)=CC=CC53)n2)=C1. The van der Waals surface area contributed by atoms with E-state index < -0.39 is 0 Å². The molecule has 294 valence electrons. The lowest BCUT2D eigenvalue weighted by atomic mass is 9.82. The molecule has 3 heterocycles. The molecular weight excluding hydrogens is 755 g/mol. The Bertz CT molecular complexity index is 3290. The van der Waals surface area contributed by atoms with Crippen LogP contribution in [0.5, 0.6) is 5.75 Å². The Morgan fingerprint density at radius 2 is 1.13 bits per heavy atom. The molecule has 0 bridgehead atoms. The number of fused-ring (bicyclic) bond motifs is 7. The monoisotopic (exact) mass is 795 g/mol. The molecular formula is C58H41N3O. The van der Waals surface area contributed by atoms with E-state index in [0.717, 1.165) is 68.7 Å². The van der Waals surface area contributed by atoms with Gasteiger partial charge in [-0.05, 0) is 76.1 Å². The average Bonchev–Trinajstić information content (AvgIpc) is 3.91. The Balaban J connectivity index is 1.17. The fourth-order valence-electron chi connectivity index (χ4n) is 9.69. The van der Waals surface area contributed by atoms with E-state index >= 15 is 0 Å². The van der Waals surface area contributed by atoms with Gasteiger partial charge in [-0.15, -0.1) is 0 Å². The molecule has 12 rings (SSSR count). The van der Waals surface area contributed by atoms with Gasteiger partial charge in [-0.1, -0.05) is 188 Å². The van der Waals surface area contributed by atoms with Crippen LogP contribution in [0, 0.1) is 0 Å². The van der Waals surface area contributed by atoms with E-state index in [2.05, 4.69) is 217 Å². The van der Waals surface area contributed by atoms with E-state index in [-0.39, 0.29) is 12.0 Å². The minimum Gasteiger partial charge on any atom is -0.484 e. The normalized spacial score (nSPS) is 16.5. The Morgan fingerprint density at radius 3 is 1.82 bits per heavy atom. The van der Waals surface area contributed by atoms with E-state index in [0.29, 0.717) is 5.95 Å². The molecule has 2 aromatic heterocycles. The average molecular weight is 796 g/mol. The number of nitrogens with zero attached hydrogens (tertiary/aromatic N) is 3. The largest absolute Gasteiger partial charge is 0.484 e. The van der Waals surface area contributed by atoms with E-state index in [9.17, 15) is 0 Å². The number of hydrogen-bond acceptors (Lipinski definition) is 3. The molecule has 2 atom stereocenters. The first-order chi connectivity index (χ1) is 30.7. The van der Waals surface area contributed by atoms with Crippen molar-refractivity contribution < 1.29 is 4.74 Å². The highest BCUT2D eigenvalue weighted by molar-refractivity contribution is 6.15. The van der Waals surface area contributed by atoms with Crippen molar-refractivity contribution in [3.8, 4) is 56.3 Å². The maximum Gasteiger partial charge on any atom is 0.235 e. The zero-order valence-electron chi connectivity index (χ0n) is 34.0. The molecule has 2 aliphatic carbocycles. The standard InChI is InChI=1S/C58H41N3O/c1-6-17-38(18-7-1)40-29-31-42(32-30-40)48-36-53-54(55-47-28-16-27-46(56(47)62-57(48)55)41-21-10-3-11-22-41)49-35-45(39-19-8-2-9-20-39)33-34-52(49)61(53)58-59-50(43-23-12-4-13-24-43)37-51(60-58)44-25-14-5-15-26-44/h1-14,16-25,27-37,47,56H,15,26H2. The van der Waals surface area contributed by atoms with Crippen LogP contribution in [0.1, 0.15) is 35.6 Å². The van der Waals surface area contributed by atoms with Crippen LogP contribution in [0.15, 0.2) is 212 Å². The molecule has 2 unspecified atom stereocenters. The van der Waals surface area contributed by atoms with Gasteiger partial charge in [0.05, 0.1) is 22.4 Å². The highest BCUT2D eigenvalue weighted by atomic mass is 16.5. The molecule has 0 saturated heterocycles. The van der Waals surface area contributed by atoms with Gasteiger partial charge in [-0.2, -0.15) is 0 Å². The van der Waals surface area contributed by atoms with Crippen LogP contribution in [0.2, 0.25) is 0 Å². The van der Waals surface area contributed by atoms with Crippen LogP contribution in [-0.4, -0.2) is 20.6 Å². The van der Waals surface area contributed by atoms with Gasteiger partial charge < -0.3 is 4.74 Å². The maximum absolute atomic E-state index is 7.37. The predicted octanol–water partition coefficient (Wildman–Crippen LogP) is 14.5. The summed E-state index contributed by atoms with van der Waals surface area (Å²) >= 11 is 0. The highest BCUT2D eigenvalue weighted by Gasteiger charge is 2.41. The van der Waals surface area contributed by atoms with Gasteiger partial charge in [-0.3, -0.25) is 4.57 Å². The molecule has 4 heteroatoms. The Kier molecular flexibility index (Phi) is 8.74. The van der Waals surface area contributed by atoms with Crippen LogP contribution in [0.4, 0.5) is 0 Å². The number of ether oxygens (including phenoxy) is 1. The van der Waals surface area contributed by atoms with Crippen molar-refractivity contribution in [1.82, 2.24) is 14.5 Å². The van der Waals surface area contributed by atoms with Crippen molar-refractivity contribution in [1.29, 1.82) is 0 Å². The molecule has 0 radical (unpaired) electrons. The number of hydrogen-bond donors (Lipinski definition) is 0. The third kappa shape index (κ3) is 6.14. The van der Waals surface area contributed by atoms with Crippen molar-refractivity contribution in [3.05, 3.63) is 229 Å². The minimum atomic E-state index is -0.198. The van der Waals surface area contributed by atoms with Crippen LogP contribution in [0.3, 0.4) is 0 Å². The summed E-state index contributed by atoms with van der Waals surface area (Å²) in [5.74, 6) is 1.55. The molecule has 62 heavy (non-hydrogen) atoms. The zero-order chi connectivity index (χ0) is 41.0. The van der Waals surface area contributed by atoms with Crippen molar-refractivity contribution in [2.45, 2.75) is 24.9 Å². The second-order valence-electron chi connectivity index (χ2n) is 16.3. The Morgan fingerprint density at radius 1 is 0.516 bits per heavy atom. The van der Waals surface area contributed by atoms with Gasteiger partial charge in [0.15, 0.2) is 0 Å². The molecule has 0 N–H and O–H groups in total. The van der Waals surface area contributed by atoms with E-state index in [4.69, 9.17) is 14.7 Å². The topological polar surface area (TPSA) is 39.9 Å². The van der Waals surface area contributed by atoms with E-state index in [1.165, 1.54) is 44.3 Å². The number of allylic oxidation sites excluding steroid dienone is 6. The first-order valence-electron chi connectivity index (χ1n) is 21.5. The molecule has 0 spiro atoms. The van der Waals surface area contributed by atoms with Crippen molar-refractivity contribution in [2.75, 3.05) is 0 Å². The minimum absolute atomic E-state index is 0.0259. The first kappa shape index (κ1) is 36.1. The number of aromatic nitrogens is 3. The summed E-state index contributed by atoms with van der Waals surface area (Å²) in [5, 5.41) is 2.31. The molecule has 0 amide bonds. The lowest BCUT2D eigenvalue weighted by molar-refractivity contribution is 0.279. The van der Waals surface area contributed by atoms with E-state index in [1.54, 1.807) is 0 Å². The zero-order valence-corrected chi connectivity index (χ0v) is 34.0. The van der Waals surface area contributed by atoms with Crippen LogP contribution >= 0.6 is 0 Å². The molecule has 0 saturated carbocycles. The first-order valence-corrected chi connectivity index (χ1v) is 21.5. The summed E-state index contributed by atoms with van der Waals surface area (Å²) in [7, 11) is 0. The van der Waals surface area contributed by atoms with E-state index in [1.807, 2.05) is 0 Å². The second-order valence-corrected chi connectivity index (χ2v) is 16.3. The van der Waals surface area contributed by atoms with Gasteiger partial charge in [0.25, 0.3) is 0 Å². The van der Waals surface area contributed by atoms with Gasteiger partial charge in [0.1, 0.15) is 11.9 Å². The number of rotatable bonds is 7. The summed E-state index contributed by atoms with van der Waals surface area (Å²) in [5.41, 5.74) is 16.6.